The number of aliphatic carboxylic acids is 1. The third kappa shape index (κ3) is 2.46. The molecule has 1 atom stereocenters. The Hall–Kier alpha value is -1.01. The Bertz CT molecular complexity index is 301. The van der Waals surface area contributed by atoms with Crippen molar-refractivity contribution in [3.8, 4) is 0 Å². The first-order chi connectivity index (χ1) is 6.15. The summed E-state index contributed by atoms with van der Waals surface area (Å²) in [6.45, 7) is -0.00301. The number of carboxylic acid groups (broad SMARTS) is 1. The van der Waals surface area contributed by atoms with Crippen molar-refractivity contribution in [3.05, 3.63) is 22.7 Å². The second-order valence-electron chi connectivity index (χ2n) is 2.39. The van der Waals surface area contributed by atoms with E-state index >= 15 is 0 Å². The molecule has 0 radical (unpaired) electrons. The van der Waals surface area contributed by atoms with Crippen molar-refractivity contribution in [2.45, 2.75) is 5.92 Å². The predicted octanol–water partition coefficient (Wildman–Crippen LogP) is 0.366. The Morgan fingerprint density at radius 2 is 2.15 bits per heavy atom. The topological polar surface area (TPSA) is 89.1 Å². The van der Waals surface area contributed by atoms with E-state index in [9.17, 15) is 4.79 Å². The monoisotopic (exact) mass is 245 g/mol. The fourth-order valence-electron chi connectivity index (χ4n) is 0.819. The molecule has 70 valence electrons. The molecule has 0 amide bonds. The third-order valence-electron chi connectivity index (χ3n) is 1.49. The molecule has 0 aromatic carbocycles. The highest BCUT2D eigenvalue weighted by molar-refractivity contribution is 9.10. The van der Waals surface area contributed by atoms with Crippen LogP contribution in [0.5, 0.6) is 0 Å². The predicted molar refractivity (Wildman–Crippen MR) is 49.2 cm³/mol. The summed E-state index contributed by atoms with van der Waals surface area (Å²) < 4.78 is 0.706. The van der Waals surface area contributed by atoms with Crippen LogP contribution in [0, 0.1) is 0 Å². The second kappa shape index (κ2) is 4.29. The Kier molecular flexibility index (Phi) is 3.32. The zero-order chi connectivity index (χ0) is 9.84. The van der Waals surface area contributed by atoms with Crippen LogP contribution in [-0.2, 0) is 4.79 Å². The second-order valence-corrected chi connectivity index (χ2v) is 3.30. The summed E-state index contributed by atoms with van der Waals surface area (Å²) in [6.07, 6.45) is 2.99. The maximum Gasteiger partial charge on any atom is 0.315 e. The number of nitrogens with two attached hydrogens (primary N) is 1. The van der Waals surface area contributed by atoms with Crippen molar-refractivity contribution in [2.75, 3.05) is 6.54 Å². The number of carboxylic acids is 1. The van der Waals surface area contributed by atoms with E-state index < -0.39 is 11.9 Å². The van der Waals surface area contributed by atoms with Gasteiger partial charge in [0.1, 0.15) is 11.7 Å². The lowest BCUT2D eigenvalue weighted by atomic mass is 10.1. The fraction of sp³-hybridized carbons (Fsp3) is 0.286. The van der Waals surface area contributed by atoms with Crippen LogP contribution in [-0.4, -0.2) is 27.6 Å². The van der Waals surface area contributed by atoms with Crippen LogP contribution in [0.15, 0.2) is 16.9 Å². The number of carbonyl (C=O) groups is 1. The van der Waals surface area contributed by atoms with Crippen molar-refractivity contribution in [1.29, 1.82) is 0 Å². The van der Waals surface area contributed by atoms with E-state index in [4.69, 9.17) is 10.8 Å². The van der Waals surface area contributed by atoms with E-state index in [0.717, 1.165) is 0 Å². The van der Waals surface area contributed by atoms with Crippen molar-refractivity contribution in [3.63, 3.8) is 0 Å². The minimum absolute atomic E-state index is 0.00301. The van der Waals surface area contributed by atoms with Crippen molar-refractivity contribution in [1.82, 2.24) is 9.97 Å². The minimum Gasteiger partial charge on any atom is -0.481 e. The van der Waals surface area contributed by atoms with Gasteiger partial charge in [-0.1, -0.05) is 0 Å². The lowest BCUT2D eigenvalue weighted by molar-refractivity contribution is -0.138. The summed E-state index contributed by atoms with van der Waals surface area (Å²) in [7, 11) is 0. The van der Waals surface area contributed by atoms with Crippen molar-refractivity contribution in [2.24, 2.45) is 5.73 Å². The zero-order valence-electron chi connectivity index (χ0n) is 6.64. The Morgan fingerprint density at radius 1 is 1.62 bits per heavy atom. The van der Waals surface area contributed by atoms with E-state index in [1.54, 1.807) is 0 Å². The first-order valence-electron chi connectivity index (χ1n) is 3.55. The molecule has 0 saturated carbocycles. The number of rotatable bonds is 3. The minimum atomic E-state index is -1.01. The van der Waals surface area contributed by atoms with Gasteiger partial charge in [0.2, 0.25) is 0 Å². The van der Waals surface area contributed by atoms with Gasteiger partial charge >= 0.3 is 5.97 Å². The molecular formula is C7H8BrN3O2. The molecule has 5 nitrogen and oxygen atoms in total. The molecule has 13 heavy (non-hydrogen) atoms. The standard InChI is InChI=1S/C7H8BrN3O2/c8-4-2-10-6(11-3-4)5(1-9)7(12)13/h2-3,5H,1,9H2,(H,12,13). The highest BCUT2D eigenvalue weighted by Crippen LogP contribution is 2.11. The molecule has 1 heterocycles. The molecule has 6 heteroatoms. The van der Waals surface area contributed by atoms with E-state index in [0.29, 0.717) is 4.47 Å². The van der Waals surface area contributed by atoms with Gasteiger partial charge in [0.15, 0.2) is 0 Å². The van der Waals surface area contributed by atoms with Crippen LogP contribution >= 0.6 is 15.9 Å². The van der Waals surface area contributed by atoms with Gasteiger partial charge in [-0.25, -0.2) is 9.97 Å². The molecule has 1 aromatic heterocycles. The normalized spacial score (nSPS) is 12.5. The molecule has 0 saturated heterocycles. The number of hydrogen-bond donors (Lipinski definition) is 2. The largest absolute Gasteiger partial charge is 0.481 e. The van der Waals surface area contributed by atoms with Gasteiger partial charge in [0, 0.05) is 18.9 Å². The average Bonchev–Trinajstić information content (AvgIpc) is 2.09. The lowest BCUT2D eigenvalue weighted by Crippen LogP contribution is -2.23. The number of aromatic nitrogens is 2. The summed E-state index contributed by atoms with van der Waals surface area (Å²) in [6, 6.07) is 0. The fourth-order valence-corrected chi connectivity index (χ4v) is 1.02. The smallest absolute Gasteiger partial charge is 0.315 e. The maximum absolute atomic E-state index is 10.6. The highest BCUT2D eigenvalue weighted by Gasteiger charge is 2.20. The molecule has 1 rings (SSSR count). The molecule has 0 bridgehead atoms. The molecule has 1 unspecified atom stereocenters. The Labute approximate surface area is 83.1 Å². The summed E-state index contributed by atoms with van der Waals surface area (Å²) in [4.78, 5) is 18.3. The third-order valence-corrected chi connectivity index (χ3v) is 1.90. The van der Waals surface area contributed by atoms with Crippen LogP contribution in [0.25, 0.3) is 0 Å². The summed E-state index contributed by atoms with van der Waals surface area (Å²) >= 11 is 3.15. The SMILES string of the molecule is NCC(C(=O)O)c1ncc(Br)cn1. The van der Waals surface area contributed by atoms with E-state index in [2.05, 4.69) is 25.9 Å². The van der Waals surface area contributed by atoms with E-state index in [1.807, 2.05) is 0 Å². The van der Waals surface area contributed by atoms with E-state index in [-0.39, 0.29) is 12.4 Å². The Morgan fingerprint density at radius 3 is 2.54 bits per heavy atom. The summed E-state index contributed by atoms with van der Waals surface area (Å²) in [5, 5.41) is 8.72. The molecule has 0 aliphatic heterocycles. The molecule has 0 fully saturated rings. The lowest BCUT2D eigenvalue weighted by Gasteiger charge is -2.06. The molecular weight excluding hydrogens is 238 g/mol. The van der Waals surface area contributed by atoms with Gasteiger partial charge in [-0.3, -0.25) is 4.79 Å². The first kappa shape index (κ1) is 10.1. The zero-order valence-corrected chi connectivity index (χ0v) is 8.23. The van der Waals surface area contributed by atoms with Crippen LogP contribution in [0.3, 0.4) is 0 Å². The summed E-state index contributed by atoms with van der Waals surface area (Å²) in [5.74, 6) is -1.60. The Balaban J connectivity index is 2.92. The van der Waals surface area contributed by atoms with Gasteiger partial charge in [-0.05, 0) is 15.9 Å². The maximum atomic E-state index is 10.6. The van der Waals surface area contributed by atoms with Gasteiger partial charge in [-0.2, -0.15) is 0 Å². The quantitative estimate of drug-likeness (QED) is 0.803. The number of hydrogen-bond acceptors (Lipinski definition) is 4. The van der Waals surface area contributed by atoms with Crippen molar-refractivity contribution >= 4 is 21.9 Å². The molecule has 0 spiro atoms. The van der Waals surface area contributed by atoms with Crippen LogP contribution in [0.1, 0.15) is 11.7 Å². The average molecular weight is 246 g/mol. The first-order valence-corrected chi connectivity index (χ1v) is 4.34. The van der Waals surface area contributed by atoms with Crippen LogP contribution < -0.4 is 5.73 Å². The molecule has 0 aliphatic carbocycles. The van der Waals surface area contributed by atoms with Gasteiger partial charge in [0.05, 0.1) is 4.47 Å². The molecule has 1 aromatic rings. The highest BCUT2D eigenvalue weighted by atomic mass is 79.9. The van der Waals surface area contributed by atoms with Crippen LogP contribution in [0.2, 0.25) is 0 Å². The molecule has 3 N–H and O–H groups in total. The van der Waals surface area contributed by atoms with Gasteiger partial charge in [0.25, 0.3) is 0 Å². The number of halogens is 1. The van der Waals surface area contributed by atoms with E-state index in [1.165, 1.54) is 12.4 Å². The van der Waals surface area contributed by atoms with Gasteiger partial charge in [-0.15, -0.1) is 0 Å². The molecule has 0 aliphatic rings. The van der Waals surface area contributed by atoms with Crippen LogP contribution in [0.4, 0.5) is 0 Å². The van der Waals surface area contributed by atoms with Gasteiger partial charge < -0.3 is 10.8 Å². The van der Waals surface area contributed by atoms with Crippen molar-refractivity contribution < 1.29 is 9.90 Å². The summed E-state index contributed by atoms with van der Waals surface area (Å²) in [5.41, 5.74) is 5.27. The number of nitrogens with zero attached hydrogens (tertiary/aromatic N) is 2.